The first-order valence-electron chi connectivity index (χ1n) is 5.50. The predicted octanol–water partition coefficient (Wildman–Crippen LogP) is 3.52. The van der Waals surface area contributed by atoms with Gasteiger partial charge < -0.3 is 10.5 Å². The lowest BCUT2D eigenvalue weighted by Crippen LogP contribution is -1.94. The van der Waals surface area contributed by atoms with Crippen LogP contribution < -0.4 is 10.5 Å². The smallest absolute Gasteiger partial charge is 0.128 e. The summed E-state index contributed by atoms with van der Waals surface area (Å²) in [5, 5.41) is 0.723. The number of nitrogens with two attached hydrogens (primary N) is 1. The van der Waals surface area contributed by atoms with Crippen LogP contribution in [0.4, 0.5) is 5.00 Å². The Bertz CT molecular complexity index is 520. The molecule has 2 N–H and O–H groups in total. The van der Waals surface area contributed by atoms with Gasteiger partial charge >= 0.3 is 0 Å². The molecule has 0 bridgehead atoms. The number of anilines is 1. The average Bonchev–Trinajstić information content (AvgIpc) is 2.74. The molecule has 1 heterocycles. The summed E-state index contributed by atoms with van der Waals surface area (Å²) < 4.78 is 5.42. The fourth-order valence-corrected chi connectivity index (χ4v) is 2.27. The lowest BCUT2D eigenvalue weighted by atomic mass is 10.00. The van der Waals surface area contributed by atoms with Gasteiger partial charge in [0.15, 0.2) is 0 Å². The molecule has 0 spiro atoms. The second-order valence-electron chi connectivity index (χ2n) is 4.18. The highest BCUT2D eigenvalue weighted by Gasteiger charge is 2.13. The van der Waals surface area contributed by atoms with Gasteiger partial charge in [-0.2, -0.15) is 0 Å². The highest BCUT2D eigenvalue weighted by Crippen LogP contribution is 2.36. The van der Waals surface area contributed by atoms with E-state index in [4.69, 9.17) is 10.5 Å². The normalized spacial score (nSPS) is 10.8. The molecule has 0 radical (unpaired) electrons. The maximum absolute atomic E-state index is 5.89. The molecule has 2 aromatic rings. The molecule has 0 aliphatic rings. The molecule has 0 aliphatic heterocycles. The largest absolute Gasteiger partial charge is 0.496 e. The SMILES string of the molecule is COc1cc(C(C)C)ccc1-c1ncsc1N. The van der Waals surface area contributed by atoms with E-state index >= 15 is 0 Å². The third kappa shape index (κ3) is 2.26. The molecule has 3 nitrogen and oxygen atoms in total. The Kier molecular flexibility index (Phi) is 3.33. The molecule has 0 fully saturated rings. The van der Waals surface area contributed by atoms with Crippen molar-refractivity contribution in [2.75, 3.05) is 12.8 Å². The summed E-state index contributed by atoms with van der Waals surface area (Å²) in [7, 11) is 1.67. The van der Waals surface area contributed by atoms with E-state index in [1.807, 2.05) is 6.07 Å². The van der Waals surface area contributed by atoms with Crippen molar-refractivity contribution in [3.05, 3.63) is 29.3 Å². The first kappa shape index (κ1) is 11.9. The van der Waals surface area contributed by atoms with Crippen molar-refractivity contribution in [2.45, 2.75) is 19.8 Å². The Morgan fingerprint density at radius 2 is 2.12 bits per heavy atom. The quantitative estimate of drug-likeness (QED) is 0.904. The summed E-state index contributed by atoms with van der Waals surface area (Å²) in [4.78, 5) is 4.28. The summed E-state index contributed by atoms with van der Waals surface area (Å²) >= 11 is 1.44. The van der Waals surface area contributed by atoms with Crippen LogP contribution >= 0.6 is 11.3 Å². The van der Waals surface area contributed by atoms with Gasteiger partial charge in [-0.15, -0.1) is 11.3 Å². The molecule has 0 atom stereocenters. The van der Waals surface area contributed by atoms with Crippen LogP contribution in [0.3, 0.4) is 0 Å². The van der Waals surface area contributed by atoms with E-state index in [0.717, 1.165) is 22.0 Å². The minimum absolute atomic E-state index is 0.478. The number of ether oxygens (including phenoxy) is 1. The van der Waals surface area contributed by atoms with Crippen LogP contribution in [-0.2, 0) is 0 Å². The van der Waals surface area contributed by atoms with E-state index in [9.17, 15) is 0 Å². The van der Waals surface area contributed by atoms with Gasteiger partial charge in [0.05, 0.1) is 12.6 Å². The monoisotopic (exact) mass is 248 g/mol. The average molecular weight is 248 g/mol. The van der Waals surface area contributed by atoms with Crippen LogP contribution in [0, 0.1) is 0 Å². The Balaban J connectivity index is 2.52. The van der Waals surface area contributed by atoms with Crippen molar-refractivity contribution in [2.24, 2.45) is 0 Å². The lowest BCUT2D eigenvalue weighted by Gasteiger charge is -2.11. The van der Waals surface area contributed by atoms with Crippen LogP contribution in [0.5, 0.6) is 5.75 Å². The van der Waals surface area contributed by atoms with Gasteiger partial charge in [-0.25, -0.2) is 4.98 Å². The van der Waals surface area contributed by atoms with Gasteiger partial charge in [0.2, 0.25) is 0 Å². The van der Waals surface area contributed by atoms with Gasteiger partial charge in [-0.05, 0) is 23.6 Å². The number of aromatic nitrogens is 1. The highest BCUT2D eigenvalue weighted by atomic mass is 32.1. The number of rotatable bonds is 3. The molecular formula is C13H16N2OS. The zero-order valence-corrected chi connectivity index (χ0v) is 11.0. The van der Waals surface area contributed by atoms with Crippen molar-refractivity contribution >= 4 is 16.3 Å². The van der Waals surface area contributed by atoms with E-state index in [1.54, 1.807) is 12.6 Å². The Labute approximate surface area is 105 Å². The van der Waals surface area contributed by atoms with Gasteiger partial charge in [0, 0.05) is 5.56 Å². The maximum Gasteiger partial charge on any atom is 0.128 e. The van der Waals surface area contributed by atoms with Crippen molar-refractivity contribution in [3.63, 3.8) is 0 Å². The number of thiazole rings is 1. The van der Waals surface area contributed by atoms with E-state index in [2.05, 4.69) is 31.0 Å². The van der Waals surface area contributed by atoms with E-state index in [1.165, 1.54) is 16.9 Å². The van der Waals surface area contributed by atoms with Crippen LogP contribution in [0.15, 0.2) is 23.7 Å². The standard InChI is InChI=1S/C13H16N2OS/c1-8(2)9-4-5-10(11(6-9)16-3)12-13(14)17-7-15-12/h4-8H,14H2,1-3H3. The molecule has 0 saturated carbocycles. The zero-order chi connectivity index (χ0) is 12.4. The molecule has 0 aliphatic carbocycles. The van der Waals surface area contributed by atoms with Crippen molar-refractivity contribution in [1.29, 1.82) is 0 Å². The molecule has 0 amide bonds. The number of hydrogen-bond acceptors (Lipinski definition) is 4. The third-order valence-electron chi connectivity index (χ3n) is 2.74. The lowest BCUT2D eigenvalue weighted by molar-refractivity contribution is 0.415. The first-order valence-corrected chi connectivity index (χ1v) is 6.38. The summed E-state index contributed by atoms with van der Waals surface area (Å²) in [5.74, 6) is 1.31. The summed E-state index contributed by atoms with van der Waals surface area (Å²) in [6.07, 6.45) is 0. The predicted molar refractivity (Wildman–Crippen MR) is 72.6 cm³/mol. The van der Waals surface area contributed by atoms with Gasteiger partial charge in [0.25, 0.3) is 0 Å². The number of nitrogens with zero attached hydrogens (tertiary/aromatic N) is 1. The van der Waals surface area contributed by atoms with E-state index in [-0.39, 0.29) is 0 Å². The van der Waals surface area contributed by atoms with Crippen LogP contribution in [0.1, 0.15) is 25.3 Å². The van der Waals surface area contributed by atoms with E-state index in [0.29, 0.717) is 5.92 Å². The van der Waals surface area contributed by atoms with Crippen molar-refractivity contribution in [1.82, 2.24) is 4.98 Å². The Morgan fingerprint density at radius 1 is 1.35 bits per heavy atom. The minimum Gasteiger partial charge on any atom is -0.496 e. The van der Waals surface area contributed by atoms with Gasteiger partial charge in [-0.1, -0.05) is 19.9 Å². The highest BCUT2D eigenvalue weighted by molar-refractivity contribution is 7.14. The second-order valence-corrected chi connectivity index (χ2v) is 5.07. The molecular weight excluding hydrogens is 232 g/mol. The Hall–Kier alpha value is -1.55. The van der Waals surface area contributed by atoms with Crippen LogP contribution in [-0.4, -0.2) is 12.1 Å². The fourth-order valence-electron chi connectivity index (χ4n) is 1.72. The molecule has 2 rings (SSSR count). The second kappa shape index (κ2) is 4.75. The Morgan fingerprint density at radius 3 is 2.65 bits per heavy atom. The fraction of sp³-hybridized carbons (Fsp3) is 0.308. The maximum atomic E-state index is 5.89. The number of hydrogen-bond donors (Lipinski definition) is 1. The van der Waals surface area contributed by atoms with Crippen LogP contribution in [0.2, 0.25) is 0 Å². The topological polar surface area (TPSA) is 48.1 Å². The molecule has 17 heavy (non-hydrogen) atoms. The number of methoxy groups -OCH3 is 1. The minimum atomic E-state index is 0.478. The zero-order valence-electron chi connectivity index (χ0n) is 10.2. The first-order chi connectivity index (χ1) is 8.13. The van der Waals surface area contributed by atoms with Crippen molar-refractivity contribution < 1.29 is 4.74 Å². The number of benzene rings is 1. The third-order valence-corrected chi connectivity index (χ3v) is 3.40. The molecule has 0 unspecified atom stereocenters. The van der Waals surface area contributed by atoms with Gasteiger partial charge in [0.1, 0.15) is 16.4 Å². The van der Waals surface area contributed by atoms with Crippen molar-refractivity contribution in [3.8, 4) is 17.0 Å². The van der Waals surface area contributed by atoms with Crippen LogP contribution in [0.25, 0.3) is 11.3 Å². The van der Waals surface area contributed by atoms with E-state index < -0.39 is 0 Å². The molecule has 1 aromatic carbocycles. The molecule has 0 saturated heterocycles. The molecule has 4 heteroatoms. The molecule has 90 valence electrons. The number of nitrogen functional groups attached to an aromatic ring is 1. The summed E-state index contributed by atoms with van der Waals surface area (Å²) in [5.41, 5.74) is 10.7. The summed E-state index contributed by atoms with van der Waals surface area (Å²) in [6.45, 7) is 4.32. The molecule has 1 aromatic heterocycles. The van der Waals surface area contributed by atoms with Gasteiger partial charge in [-0.3, -0.25) is 0 Å². The summed E-state index contributed by atoms with van der Waals surface area (Å²) in [6, 6.07) is 6.18.